The standard InChI is InChI=1S/C10H19NO3.C2H6/c1-7(10(2,3)4)11-9(12)14-8-5-13-6-8;1-2/h7-8H,5-6H2,1-4H3,(H,11,12);1-2H3. The van der Waals surface area contributed by atoms with Crippen LogP contribution in [0.2, 0.25) is 0 Å². The highest BCUT2D eigenvalue weighted by atomic mass is 16.6. The zero-order chi connectivity index (χ0) is 12.8. The number of hydrogen-bond donors (Lipinski definition) is 1. The molecule has 1 fully saturated rings. The molecule has 0 aliphatic carbocycles. The lowest BCUT2D eigenvalue weighted by molar-refractivity contribution is -0.0987. The molecule has 96 valence electrons. The second-order valence-electron chi connectivity index (χ2n) is 4.80. The van der Waals surface area contributed by atoms with Gasteiger partial charge in [-0.2, -0.15) is 0 Å². The van der Waals surface area contributed by atoms with Crippen molar-refractivity contribution in [3.05, 3.63) is 0 Å². The average molecular weight is 231 g/mol. The first-order chi connectivity index (χ1) is 7.39. The number of amides is 1. The van der Waals surface area contributed by atoms with Gasteiger partial charge in [-0.3, -0.25) is 0 Å². The molecule has 1 aliphatic rings. The highest BCUT2D eigenvalue weighted by molar-refractivity contribution is 5.67. The molecule has 4 heteroatoms. The van der Waals surface area contributed by atoms with Crippen LogP contribution in [0, 0.1) is 5.41 Å². The van der Waals surface area contributed by atoms with Gasteiger partial charge in [0.25, 0.3) is 0 Å². The quantitative estimate of drug-likeness (QED) is 0.794. The van der Waals surface area contributed by atoms with Crippen LogP contribution in [0.3, 0.4) is 0 Å². The minimum atomic E-state index is -0.347. The summed E-state index contributed by atoms with van der Waals surface area (Å²) in [6, 6.07) is 0.0935. The molecule has 0 radical (unpaired) electrons. The molecule has 0 bridgehead atoms. The van der Waals surface area contributed by atoms with Crippen molar-refractivity contribution in [2.45, 2.75) is 53.7 Å². The van der Waals surface area contributed by atoms with Gasteiger partial charge in [0.1, 0.15) is 0 Å². The van der Waals surface area contributed by atoms with Crippen molar-refractivity contribution in [1.29, 1.82) is 0 Å². The van der Waals surface area contributed by atoms with Crippen molar-refractivity contribution >= 4 is 6.09 Å². The molecule has 1 heterocycles. The SMILES string of the molecule is CC.CC(NC(=O)OC1COC1)C(C)(C)C. The zero-order valence-electron chi connectivity index (χ0n) is 11.3. The fraction of sp³-hybridized carbons (Fsp3) is 0.917. The van der Waals surface area contributed by atoms with Crippen molar-refractivity contribution in [3.63, 3.8) is 0 Å². The zero-order valence-corrected chi connectivity index (χ0v) is 11.3. The molecule has 1 rings (SSSR count). The summed E-state index contributed by atoms with van der Waals surface area (Å²) in [4.78, 5) is 11.3. The number of ether oxygens (including phenoxy) is 2. The second-order valence-corrected chi connectivity index (χ2v) is 4.80. The summed E-state index contributed by atoms with van der Waals surface area (Å²) in [5.41, 5.74) is 0.0507. The van der Waals surface area contributed by atoms with E-state index < -0.39 is 0 Å². The predicted octanol–water partition coefficient (Wildman–Crippen LogP) is 2.57. The summed E-state index contributed by atoms with van der Waals surface area (Å²) in [5, 5.41) is 2.80. The van der Waals surface area contributed by atoms with Gasteiger partial charge in [0.2, 0.25) is 0 Å². The van der Waals surface area contributed by atoms with Crippen LogP contribution in [-0.4, -0.2) is 31.5 Å². The summed E-state index contributed by atoms with van der Waals surface area (Å²) in [6.07, 6.45) is -0.400. The lowest BCUT2D eigenvalue weighted by atomic mass is 9.88. The molecule has 1 aliphatic heterocycles. The minimum absolute atomic E-state index is 0.0507. The number of alkyl carbamates (subject to hydrolysis) is 1. The van der Waals surface area contributed by atoms with Crippen molar-refractivity contribution in [2.75, 3.05) is 13.2 Å². The van der Waals surface area contributed by atoms with Crippen molar-refractivity contribution < 1.29 is 14.3 Å². The molecule has 0 spiro atoms. The third kappa shape index (κ3) is 5.35. The average Bonchev–Trinajstić information content (AvgIpc) is 2.13. The molecule has 4 nitrogen and oxygen atoms in total. The normalized spacial score (nSPS) is 17.6. The van der Waals surface area contributed by atoms with Crippen molar-refractivity contribution in [1.82, 2.24) is 5.32 Å². The molecular weight excluding hydrogens is 206 g/mol. The first-order valence-electron chi connectivity index (χ1n) is 5.94. The Labute approximate surface area is 98.7 Å². The van der Waals surface area contributed by atoms with Gasteiger partial charge in [0.05, 0.1) is 13.2 Å². The first kappa shape index (κ1) is 15.2. The Kier molecular flexibility index (Phi) is 6.41. The number of rotatable bonds is 2. The molecule has 16 heavy (non-hydrogen) atoms. The molecular formula is C12H25NO3. The van der Waals surface area contributed by atoms with Crippen LogP contribution in [0.15, 0.2) is 0 Å². The van der Waals surface area contributed by atoms with E-state index in [4.69, 9.17) is 9.47 Å². The summed E-state index contributed by atoms with van der Waals surface area (Å²) in [7, 11) is 0. The Balaban J connectivity index is 0.00000106. The Morgan fingerprint density at radius 2 is 1.88 bits per heavy atom. The minimum Gasteiger partial charge on any atom is -0.441 e. The van der Waals surface area contributed by atoms with Gasteiger partial charge >= 0.3 is 6.09 Å². The number of nitrogens with one attached hydrogen (secondary N) is 1. The van der Waals surface area contributed by atoms with E-state index in [2.05, 4.69) is 26.1 Å². The van der Waals surface area contributed by atoms with Gasteiger partial charge in [0, 0.05) is 6.04 Å². The van der Waals surface area contributed by atoms with E-state index in [0.717, 1.165) is 0 Å². The molecule has 0 aromatic heterocycles. The highest BCUT2D eigenvalue weighted by Crippen LogP contribution is 2.18. The van der Waals surface area contributed by atoms with Crippen molar-refractivity contribution in [2.24, 2.45) is 5.41 Å². The third-order valence-electron chi connectivity index (χ3n) is 2.51. The maximum absolute atomic E-state index is 11.3. The van der Waals surface area contributed by atoms with Gasteiger partial charge in [-0.1, -0.05) is 34.6 Å². The van der Waals surface area contributed by atoms with Crippen LogP contribution < -0.4 is 5.32 Å². The fourth-order valence-electron chi connectivity index (χ4n) is 0.861. The topological polar surface area (TPSA) is 47.6 Å². The van der Waals surface area contributed by atoms with Crippen molar-refractivity contribution in [3.8, 4) is 0 Å². The number of carbonyl (C=O) groups excluding carboxylic acids is 1. The lowest BCUT2D eigenvalue weighted by Gasteiger charge is -2.30. The van der Waals surface area contributed by atoms with Crippen LogP contribution in [-0.2, 0) is 9.47 Å². The van der Waals surface area contributed by atoms with Crippen LogP contribution in [0.5, 0.6) is 0 Å². The van der Waals surface area contributed by atoms with Crippen LogP contribution in [0.1, 0.15) is 41.5 Å². The van der Waals surface area contributed by atoms with E-state index in [9.17, 15) is 4.79 Å². The van der Waals surface area contributed by atoms with Crippen LogP contribution >= 0.6 is 0 Å². The molecule has 0 aromatic carbocycles. The van der Waals surface area contributed by atoms with E-state index in [-0.39, 0.29) is 23.7 Å². The number of carbonyl (C=O) groups is 1. The molecule has 1 N–H and O–H groups in total. The van der Waals surface area contributed by atoms with E-state index >= 15 is 0 Å². The predicted molar refractivity (Wildman–Crippen MR) is 64.5 cm³/mol. The largest absolute Gasteiger partial charge is 0.441 e. The first-order valence-corrected chi connectivity index (χ1v) is 5.94. The molecule has 0 aromatic rings. The molecule has 1 atom stereocenters. The fourth-order valence-corrected chi connectivity index (χ4v) is 0.861. The maximum atomic E-state index is 11.3. The summed E-state index contributed by atoms with van der Waals surface area (Å²) in [6.45, 7) is 13.2. The smallest absolute Gasteiger partial charge is 0.407 e. The van der Waals surface area contributed by atoms with Gasteiger partial charge < -0.3 is 14.8 Å². The monoisotopic (exact) mass is 231 g/mol. The Morgan fingerprint density at radius 3 is 2.19 bits per heavy atom. The lowest BCUT2D eigenvalue weighted by Crippen LogP contribution is -2.46. The van der Waals surface area contributed by atoms with E-state index in [1.165, 1.54) is 0 Å². The second kappa shape index (κ2) is 6.74. The molecule has 1 unspecified atom stereocenters. The van der Waals surface area contributed by atoms with Gasteiger partial charge in [-0.05, 0) is 12.3 Å². The summed E-state index contributed by atoms with van der Waals surface area (Å²) < 4.78 is 9.98. The molecule has 1 saturated heterocycles. The van der Waals surface area contributed by atoms with Gasteiger partial charge in [0.15, 0.2) is 6.10 Å². The van der Waals surface area contributed by atoms with Crippen LogP contribution in [0.25, 0.3) is 0 Å². The highest BCUT2D eigenvalue weighted by Gasteiger charge is 2.26. The Hall–Kier alpha value is -0.770. The molecule has 0 saturated carbocycles. The molecule has 1 amide bonds. The van der Waals surface area contributed by atoms with Gasteiger partial charge in [-0.25, -0.2) is 4.79 Å². The van der Waals surface area contributed by atoms with Crippen LogP contribution in [0.4, 0.5) is 4.79 Å². The third-order valence-corrected chi connectivity index (χ3v) is 2.51. The Morgan fingerprint density at radius 1 is 1.38 bits per heavy atom. The van der Waals surface area contributed by atoms with E-state index in [0.29, 0.717) is 13.2 Å². The maximum Gasteiger partial charge on any atom is 0.407 e. The number of hydrogen-bond acceptors (Lipinski definition) is 3. The van der Waals surface area contributed by atoms with E-state index in [1.54, 1.807) is 0 Å². The summed E-state index contributed by atoms with van der Waals surface area (Å²) >= 11 is 0. The summed E-state index contributed by atoms with van der Waals surface area (Å²) in [5.74, 6) is 0. The Bertz CT molecular complexity index is 207. The van der Waals surface area contributed by atoms with Gasteiger partial charge in [-0.15, -0.1) is 0 Å². The van der Waals surface area contributed by atoms with E-state index in [1.807, 2.05) is 20.8 Å².